The number of carboxylic acid groups (broad SMARTS) is 1. The van der Waals surface area contributed by atoms with Crippen molar-refractivity contribution < 1.29 is 19.4 Å². The van der Waals surface area contributed by atoms with Crippen molar-refractivity contribution in [3.05, 3.63) is 65.2 Å². The van der Waals surface area contributed by atoms with Crippen molar-refractivity contribution in [2.24, 2.45) is 4.99 Å². The quantitative estimate of drug-likeness (QED) is 0.520. The van der Waals surface area contributed by atoms with E-state index in [4.69, 9.17) is 4.74 Å². The Hall–Kier alpha value is -2.86. The van der Waals surface area contributed by atoms with Gasteiger partial charge in [0.25, 0.3) is 5.72 Å². The van der Waals surface area contributed by atoms with Crippen LogP contribution in [0.15, 0.2) is 59.6 Å². The monoisotopic (exact) mass is 354 g/mol. The van der Waals surface area contributed by atoms with Gasteiger partial charge >= 0.3 is 5.97 Å². The van der Waals surface area contributed by atoms with Crippen LogP contribution in [0.1, 0.15) is 10.6 Å². The lowest BCUT2D eigenvalue weighted by Gasteiger charge is -2.23. The zero-order valence-corrected chi connectivity index (χ0v) is 13.9. The summed E-state index contributed by atoms with van der Waals surface area (Å²) in [6, 6.07) is 16.5. The Morgan fingerprint density at radius 2 is 1.92 bits per heavy atom. The molecule has 3 aromatic rings. The number of hydrogen-bond donors (Lipinski definition) is 1. The summed E-state index contributed by atoms with van der Waals surface area (Å²) < 4.78 is 6.48. The van der Waals surface area contributed by atoms with Gasteiger partial charge in [0.15, 0.2) is 0 Å². The number of aliphatic imine (C=N–C) groups is 1. The molecule has 0 spiro atoms. The summed E-state index contributed by atoms with van der Waals surface area (Å²) in [7, 11) is 0. The van der Waals surface area contributed by atoms with Crippen LogP contribution in [0.25, 0.3) is 10.2 Å². The van der Waals surface area contributed by atoms with Gasteiger partial charge in [-0.3, -0.25) is 0 Å². The largest absolute Gasteiger partial charge is 0.478 e. The second kappa shape index (κ2) is 7.36. The van der Waals surface area contributed by atoms with Crippen LogP contribution in [0.4, 0.5) is 0 Å². The molecule has 2 aromatic carbocycles. The van der Waals surface area contributed by atoms with E-state index in [0.29, 0.717) is 5.01 Å². The van der Waals surface area contributed by atoms with E-state index in [1.54, 1.807) is 12.1 Å². The summed E-state index contributed by atoms with van der Waals surface area (Å²) >= 11 is 1.34. The van der Waals surface area contributed by atoms with Crippen LogP contribution in [0.3, 0.4) is 0 Å². The molecule has 0 fully saturated rings. The molecule has 126 valence electrons. The first kappa shape index (κ1) is 17.0. The molecule has 6 nitrogen and oxygen atoms in total. The minimum atomic E-state index is -2.05. The maximum atomic E-state index is 11.8. The first-order valence-electron chi connectivity index (χ1n) is 7.48. The fourth-order valence-corrected chi connectivity index (χ4v) is 3.39. The lowest BCUT2D eigenvalue weighted by Crippen LogP contribution is -2.41. The number of nitrogens with zero attached hydrogens (tertiary/aromatic N) is 2. The summed E-state index contributed by atoms with van der Waals surface area (Å²) in [5.41, 5.74) is -0.510. The Kier molecular flexibility index (Phi) is 5.00. The molecule has 1 heterocycles. The molecule has 0 aliphatic heterocycles. The van der Waals surface area contributed by atoms with Gasteiger partial charge in [-0.1, -0.05) is 42.5 Å². The van der Waals surface area contributed by atoms with Crippen LogP contribution in [0.2, 0.25) is 0 Å². The number of benzene rings is 2. The van der Waals surface area contributed by atoms with E-state index in [-0.39, 0.29) is 13.0 Å². The fraction of sp³-hybridized carbons (Fsp3) is 0.167. The third-order valence-corrected chi connectivity index (χ3v) is 4.65. The van der Waals surface area contributed by atoms with E-state index in [1.807, 2.05) is 42.5 Å². The number of aromatic nitrogens is 1. The summed E-state index contributed by atoms with van der Waals surface area (Å²) in [4.78, 5) is 30.6. The first-order valence-corrected chi connectivity index (χ1v) is 8.29. The molecule has 1 aromatic heterocycles. The molecule has 0 amide bonds. The second-order valence-corrected chi connectivity index (χ2v) is 6.43. The average molecular weight is 354 g/mol. The third-order valence-electron chi connectivity index (χ3n) is 3.61. The van der Waals surface area contributed by atoms with Crippen LogP contribution < -0.4 is 0 Å². The Morgan fingerprint density at radius 1 is 1.20 bits per heavy atom. The molecular formula is C18H14N2O4S. The van der Waals surface area contributed by atoms with E-state index in [2.05, 4.69) is 9.98 Å². The SMILES string of the molecule is O=C=N[C@@](Cc1nc2ccccc2s1)(OCc1ccccc1)C(=O)O. The molecule has 7 heteroatoms. The van der Waals surface area contributed by atoms with Gasteiger partial charge in [-0.05, 0) is 17.7 Å². The van der Waals surface area contributed by atoms with Crippen LogP contribution in [0.5, 0.6) is 0 Å². The van der Waals surface area contributed by atoms with Gasteiger partial charge in [-0.15, -0.1) is 11.3 Å². The highest BCUT2D eigenvalue weighted by Crippen LogP contribution is 2.28. The summed E-state index contributed by atoms with van der Waals surface area (Å²) in [6.45, 7) is 0.00319. The van der Waals surface area contributed by atoms with Gasteiger partial charge in [0.2, 0.25) is 6.08 Å². The van der Waals surface area contributed by atoms with Crippen molar-refractivity contribution in [2.45, 2.75) is 18.8 Å². The highest BCUT2D eigenvalue weighted by molar-refractivity contribution is 7.18. The van der Waals surface area contributed by atoms with Gasteiger partial charge in [-0.25, -0.2) is 14.6 Å². The zero-order valence-electron chi connectivity index (χ0n) is 13.1. The Morgan fingerprint density at radius 3 is 2.60 bits per heavy atom. The van der Waals surface area contributed by atoms with Crippen molar-refractivity contribution in [2.75, 3.05) is 0 Å². The molecule has 25 heavy (non-hydrogen) atoms. The number of carbonyl (C=O) groups excluding carboxylic acids is 1. The summed E-state index contributed by atoms with van der Waals surface area (Å²) in [5, 5.41) is 10.2. The standard InChI is InChI=1S/C18H14N2O4S/c21-12-19-18(17(22)23,24-11-13-6-2-1-3-7-13)10-16-20-14-8-4-5-9-15(14)25-16/h1-9H,10-11H2,(H,22,23)/t18-/m0/s1. The minimum Gasteiger partial charge on any atom is -0.478 e. The Bertz CT molecular complexity index is 897. The van der Waals surface area contributed by atoms with E-state index >= 15 is 0 Å². The van der Waals surface area contributed by atoms with Crippen molar-refractivity contribution >= 4 is 33.6 Å². The van der Waals surface area contributed by atoms with Gasteiger partial charge in [-0.2, -0.15) is 4.99 Å². The first-order chi connectivity index (χ1) is 12.1. The predicted octanol–water partition coefficient (Wildman–Crippen LogP) is 3.17. The molecule has 3 rings (SSSR count). The Balaban J connectivity index is 1.90. The smallest absolute Gasteiger partial charge is 0.360 e. The van der Waals surface area contributed by atoms with Gasteiger partial charge in [0.05, 0.1) is 28.3 Å². The van der Waals surface area contributed by atoms with Crippen molar-refractivity contribution in [1.82, 2.24) is 4.98 Å². The zero-order chi connectivity index (χ0) is 17.7. The second-order valence-electron chi connectivity index (χ2n) is 5.32. The van der Waals surface area contributed by atoms with Crippen LogP contribution in [-0.4, -0.2) is 27.9 Å². The molecule has 0 radical (unpaired) electrons. The maximum absolute atomic E-state index is 11.8. The number of fused-ring (bicyclic) bond motifs is 1. The average Bonchev–Trinajstić information content (AvgIpc) is 3.02. The number of carbonyl (C=O) groups is 1. The number of isocyanates is 1. The normalized spacial score (nSPS) is 13.1. The molecule has 1 N–H and O–H groups in total. The van der Waals surface area contributed by atoms with Gasteiger partial charge in [0, 0.05) is 0 Å². The van der Waals surface area contributed by atoms with Gasteiger partial charge in [0.1, 0.15) is 0 Å². The number of rotatable bonds is 7. The van der Waals surface area contributed by atoms with E-state index in [1.165, 1.54) is 17.4 Å². The molecule has 0 aliphatic carbocycles. The van der Waals surface area contributed by atoms with Crippen LogP contribution in [-0.2, 0) is 27.4 Å². The van der Waals surface area contributed by atoms with Gasteiger partial charge < -0.3 is 9.84 Å². The number of para-hydroxylation sites is 1. The highest BCUT2D eigenvalue weighted by atomic mass is 32.1. The van der Waals surface area contributed by atoms with Crippen LogP contribution >= 0.6 is 11.3 Å². The van der Waals surface area contributed by atoms with Crippen molar-refractivity contribution in [3.63, 3.8) is 0 Å². The number of aliphatic carboxylic acids is 1. The van der Waals surface area contributed by atoms with Crippen molar-refractivity contribution in [3.8, 4) is 0 Å². The molecule has 0 unspecified atom stereocenters. The molecule has 1 atom stereocenters. The van der Waals surface area contributed by atoms with E-state index < -0.39 is 11.7 Å². The topological polar surface area (TPSA) is 88.9 Å². The molecule has 0 saturated carbocycles. The molecule has 0 bridgehead atoms. The minimum absolute atomic E-state index is 0.00319. The highest BCUT2D eigenvalue weighted by Gasteiger charge is 2.41. The summed E-state index contributed by atoms with van der Waals surface area (Å²) in [5.74, 6) is -1.36. The lowest BCUT2D eigenvalue weighted by molar-refractivity contribution is -0.166. The number of hydrogen-bond acceptors (Lipinski definition) is 6. The van der Waals surface area contributed by atoms with Crippen molar-refractivity contribution in [1.29, 1.82) is 0 Å². The van der Waals surface area contributed by atoms with E-state index in [9.17, 15) is 14.7 Å². The summed E-state index contributed by atoms with van der Waals surface area (Å²) in [6.07, 6.45) is 1.18. The fourth-order valence-electron chi connectivity index (χ4n) is 2.36. The number of carboxylic acids is 1. The predicted molar refractivity (Wildman–Crippen MR) is 93.0 cm³/mol. The third kappa shape index (κ3) is 3.80. The molecular weight excluding hydrogens is 340 g/mol. The van der Waals surface area contributed by atoms with Crippen LogP contribution in [0, 0.1) is 0 Å². The Labute approximate surface area is 147 Å². The number of ether oxygens (including phenoxy) is 1. The molecule has 0 aliphatic rings. The maximum Gasteiger partial charge on any atom is 0.360 e. The molecule has 0 saturated heterocycles. The van der Waals surface area contributed by atoms with E-state index in [0.717, 1.165) is 15.8 Å². The lowest BCUT2D eigenvalue weighted by atomic mass is 10.1. The number of thiazole rings is 1.